The van der Waals surface area contributed by atoms with Gasteiger partial charge >= 0.3 is 12.4 Å². The van der Waals surface area contributed by atoms with Gasteiger partial charge in [-0.25, -0.2) is 9.97 Å². The van der Waals surface area contributed by atoms with Gasteiger partial charge < -0.3 is 10.1 Å². The quantitative estimate of drug-likeness (QED) is 0.604. The lowest BCUT2D eigenvalue weighted by molar-refractivity contribution is -0.144. The normalized spacial score (nSPS) is 12.2. The molecule has 0 aliphatic heterocycles. The summed E-state index contributed by atoms with van der Waals surface area (Å²) in [7, 11) is 1.52. The first-order valence-electron chi connectivity index (χ1n) is 7.91. The van der Waals surface area contributed by atoms with Crippen LogP contribution in [-0.2, 0) is 18.9 Å². The summed E-state index contributed by atoms with van der Waals surface area (Å²) in [5.74, 6) is 0.749. The van der Waals surface area contributed by atoms with Gasteiger partial charge in [-0.1, -0.05) is 12.1 Å². The summed E-state index contributed by atoms with van der Waals surface area (Å²) < 4.78 is 83.3. The van der Waals surface area contributed by atoms with Crippen LogP contribution in [0, 0.1) is 0 Å². The number of fused-ring (bicyclic) bond motifs is 1. The van der Waals surface area contributed by atoms with Crippen LogP contribution in [0.15, 0.2) is 42.5 Å². The summed E-state index contributed by atoms with van der Waals surface area (Å²) in [4.78, 5) is 7.09. The first kappa shape index (κ1) is 19.7. The highest BCUT2D eigenvalue weighted by Crippen LogP contribution is 2.38. The highest BCUT2D eigenvalue weighted by molar-refractivity contribution is 5.81. The van der Waals surface area contributed by atoms with Crippen molar-refractivity contribution in [2.75, 3.05) is 12.4 Å². The van der Waals surface area contributed by atoms with E-state index in [1.807, 2.05) is 0 Å². The molecule has 2 heterocycles. The average molecular weight is 401 g/mol. The van der Waals surface area contributed by atoms with Gasteiger partial charge in [-0.2, -0.15) is 26.3 Å². The minimum atomic E-state index is -5.03. The summed E-state index contributed by atoms with van der Waals surface area (Å²) in [5.41, 5.74) is -2.90. The van der Waals surface area contributed by atoms with Crippen LogP contribution in [0.3, 0.4) is 0 Å². The molecule has 2 aromatic heterocycles. The second-order valence-corrected chi connectivity index (χ2v) is 5.82. The number of nitrogens with zero attached hydrogens (tertiary/aromatic N) is 2. The summed E-state index contributed by atoms with van der Waals surface area (Å²) in [6.07, 6.45) is -10.00. The van der Waals surface area contributed by atoms with E-state index in [2.05, 4.69) is 15.3 Å². The lowest BCUT2D eigenvalue weighted by Crippen LogP contribution is -2.14. The van der Waals surface area contributed by atoms with E-state index < -0.39 is 34.6 Å². The Morgan fingerprint density at radius 3 is 2.14 bits per heavy atom. The fourth-order valence-electron chi connectivity index (χ4n) is 2.52. The van der Waals surface area contributed by atoms with Crippen molar-refractivity contribution in [3.05, 3.63) is 59.3 Å². The predicted molar refractivity (Wildman–Crippen MR) is 89.9 cm³/mol. The Kier molecular flexibility index (Phi) is 5.05. The molecule has 0 saturated heterocycles. The van der Waals surface area contributed by atoms with Crippen LogP contribution in [0.1, 0.15) is 16.8 Å². The second kappa shape index (κ2) is 7.17. The molecule has 0 unspecified atom stereocenters. The number of hydrogen-bond acceptors (Lipinski definition) is 4. The van der Waals surface area contributed by atoms with Crippen molar-refractivity contribution in [3.8, 4) is 5.75 Å². The van der Waals surface area contributed by atoms with Gasteiger partial charge in [0, 0.05) is 11.9 Å². The van der Waals surface area contributed by atoms with Crippen molar-refractivity contribution in [3.63, 3.8) is 0 Å². The molecule has 1 aromatic carbocycles. The molecule has 0 radical (unpaired) electrons. The molecule has 28 heavy (non-hydrogen) atoms. The Morgan fingerprint density at radius 1 is 0.893 bits per heavy atom. The number of benzene rings is 1. The zero-order valence-corrected chi connectivity index (χ0v) is 14.3. The minimum Gasteiger partial charge on any atom is -0.497 e. The molecule has 148 valence electrons. The van der Waals surface area contributed by atoms with Crippen LogP contribution in [0.5, 0.6) is 5.75 Å². The van der Waals surface area contributed by atoms with E-state index in [9.17, 15) is 26.3 Å². The number of aromatic nitrogens is 2. The van der Waals surface area contributed by atoms with E-state index in [1.54, 1.807) is 24.3 Å². The van der Waals surface area contributed by atoms with E-state index in [1.165, 1.54) is 13.2 Å². The number of methoxy groups -OCH3 is 1. The number of anilines is 1. The maximum atomic E-state index is 13.2. The molecule has 1 N–H and O–H groups in total. The predicted octanol–water partition coefficient (Wildman–Crippen LogP) is 5.29. The van der Waals surface area contributed by atoms with E-state index in [-0.39, 0.29) is 18.4 Å². The van der Waals surface area contributed by atoms with Crippen LogP contribution < -0.4 is 10.1 Å². The molecule has 0 fully saturated rings. The van der Waals surface area contributed by atoms with E-state index in [0.29, 0.717) is 5.75 Å². The Labute approximate surface area is 155 Å². The minimum absolute atomic E-state index is 0.00549. The number of halogens is 6. The number of hydrogen-bond donors (Lipinski definition) is 1. The third-order valence-corrected chi connectivity index (χ3v) is 3.90. The van der Waals surface area contributed by atoms with Gasteiger partial charge in [0.25, 0.3) is 0 Å². The van der Waals surface area contributed by atoms with Crippen LogP contribution in [0.4, 0.5) is 32.2 Å². The number of rotatable bonds is 4. The Morgan fingerprint density at radius 2 is 1.57 bits per heavy atom. The molecule has 0 atom stereocenters. The molecule has 0 aliphatic carbocycles. The molecular weight excluding hydrogens is 388 g/mol. The molecule has 3 rings (SSSR count). The van der Waals surface area contributed by atoms with Gasteiger partial charge in [-0.3, -0.25) is 0 Å². The Balaban J connectivity index is 1.95. The maximum Gasteiger partial charge on any atom is 0.433 e. The van der Waals surface area contributed by atoms with Crippen LogP contribution >= 0.6 is 0 Å². The molecule has 4 nitrogen and oxygen atoms in total. The third-order valence-electron chi connectivity index (χ3n) is 3.90. The summed E-state index contributed by atoms with van der Waals surface area (Å²) in [5, 5.41) is 2.35. The number of ether oxygens (including phenoxy) is 1. The van der Waals surface area contributed by atoms with Crippen molar-refractivity contribution in [1.82, 2.24) is 9.97 Å². The van der Waals surface area contributed by atoms with E-state index in [4.69, 9.17) is 4.74 Å². The first-order valence-corrected chi connectivity index (χ1v) is 7.91. The van der Waals surface area contributed by atoms with Crippen LogP contribution in [-0.4, -0.2) is 17.1 Å². The fraction of sp³-hybridized carbons (Fsp3) is 0.222. The molecular formula is C18H13F6N3O. The largest absolute Gasteiger partial charge is 0.497 e. The van der Waals surface area contributed by atoms with Crippen LogP contribution in [0.2, 0.25) is 0 Å². The topological polar surface area (TPSA) is 47.0 Å². The maximum absolute atomic E-state index is 13.2. The molecule has 0 amide bonds. The Bertz CT molecular complexity index is 984. The molecule has 3 aromatic rings. The highest BCUT2D eigenvalue weighted by atomic mass is 19.4. The van der Waals surface area contributed by atoms with Gasteiger partial charge in [0.1, 0.15) is 17.3 Å². The smallest absolute Gasteiger partial charge is 0.433 e. The monoisotopic (exact) mass is 401 g/mol. The molecule has 0 spiro atoms. The summed E-state index contributed by atoms with van der Waals surface area (Å²) in [6, 6.07) is 9.26. The van der Waals surface area contributed by atoms with E-state index in [0.717, 1.165) is 11.6 Å². The average Bonchev–Trinajstić information content (AvgIpc) is 2.64. The van der Waals surface area contributed by atoms with Crippen molar-refractivity contribution < 1.29 is 31.1 Å². The standard InChI is InChI=1S/C18H13F6N3O/c1-28-11-4-2-10(3-5-11)9-25-15-7-6-12-13(17(19,20)21)8-14(18(22,23)24)26-16(12)27-15/h2-8H,9H2,1H3,(H,25,26,27). The van der Waals surface area contributed by atoms with Crippen LogP contribution in [0.25, 0.3) is 11.0 Å². The fourth-order valence-corrected chi connectivity index (χ4v) is 2.52. The summed E-state index contributed by atoms with van der Waals surface area (Å²) >= 11 is 0. The van der Waals surface area contributed by atoms with Crippen molar-refractivity contribution in [2.24, 2.45) is 0 Å². The van der Waals surface area contributed by atoms with Gasteiger partial charge in [0.2, 0.25) is 0 Å². The van der Waals surface area contributed by atoms with E-state index >= 15 is 0 Å². The lowest BCUT2D eigenvalue weighted by Gasteiger charge is -2.14. The number of nitrogens with one attached hydrogen (secondary N) is 1. The van der Waals surface area contributed by atoms with Crippen molar-refractivity contribution >= 4 is 16.9 Å². The van der Waals surface area contributed by atoms with Gasteiger partial charge in [0.15, 0.2) is 5.65 Å². The number of pyridine rings is 2. The van der Waals surface area contributed by atoms with Crippen molar-refractivity contribution in [1.29, 1.82) is 0 Å². The summed E-state index contributed by atoms with van der Waals surface area (Å²) in [6.45, 7) is 0.258. The second-order valence-electron chi connectivity index (χ2n) is 5.82. The third kappa shape index (κ3) is 4.26. The molecule has 10 heteroatoms. The number of alkyl halides is 6. The van der Waals surface area contributed by atoms with Gasteiger partial charge in [-0.15, -0.1) is 0 Å². The molecule has 0 bridgehead atoms. The molecule has 0 saturated carbocycles. The van der Waals surface area contributed by atoms with Gasteiger partial charge in [0.05, 0.1) is 12.7 Å². The highest BCUT2D eigenvalue weighted by Gasteiger charge is 2.39. The molecule has 0 aliphatic rings. The lowest BCUT2D eigenvalue weighted by atomic mass is 10.1. The first-order chi connectivity index (χ1) is 13.1. The Hall–Kier alpha value is -3.04. The van der Waals surface area contributed by atoms with Crippen molar-refractivity contribution in [2.45, 2.75) is 18.9 Å². The zero-order valence-electron chi connectivity index (χ0n) is 14.3. The van der Waals surface area contributed by atoms with Gasteiger partial charge in [-0.05, 0) is 35.9 Å². The SMILES string of the molecule is COc1ccc(CNc2ccc3c(C(F)(F)F)cc(C(F)(F)F)nc3n2)cc1. The zero-order chi connectivity index (χ0) is 20.5.